The molecule has 4 nitrogen and oxygen atoms in total. The molecule has 1 aromatic rings. The van der Waals surface area contributed by atoms with Crippen LogP contribution in [0, 0.1) is 0 Å². The lowest BCUT2D eigenvalue weighted by atomic mass is 9.87. The number of rotatable bonds is 4. The van der Waals surface area contributed by atoms with Gasteiger partial charge in [-0.1, -0.05) is 25.5 Å². The Kier molecular flexibility index (Phi) is 3.80. The number of carbonyl (C=O) groups is 1. The van der Waals surface area contributed by atoms with Crippen LogP contribution in [0.4, 0.5) is 5.69 Å². The molecule has 0 aromatic heterocycles. The third-order valence-corrected chi connectivity index (χ3v) is 3.78. The lowest BCUT2D eigenvalue weighted by molar-refractivity contribution is -0.157. The molecule has 19 heavy (non-hydrogen) atoms. The number of hydrogen-bond donors (Lipinski definition) is 2. The van der Waals surface area contributed by atoms with Crippen LogP contribution in [0.5, 0.6) is 0 Å². The first-order valence-corrected chi connectivity index (χ1v) is 6.82. The highest BCUT2D eigenvalue weighted by molar-refractivity contribution is 5.84. The molecule has 1 heterocycles. The fourth-order valence-corrected chi connectivity index (χ4v) is 2.69. The van der Waals surface area contributed by atoms with Crippen LogP contribution in [0.1, 0.15) is 38.2 Å². The zero-order chi connectivity index (χ0) is 14.0. The number of aliphatic hydroxyl groups is 1. The number of anilines is 1. The topological polar surface area (TPSA) is 66.6 Å². The predicted octanol–water partition coefficient (Wildman–Crippen LogP) is 1.75. The SMILES string of the molecule is CCCC1(O)CN(C(=O)C(C)c2cccc(N)c2)C1. The monoisotopic (exact) mass is 262 g/mol. The highest BCUT2D eigenvalue weighted by Gasteiger charge is 2.43. The summed E-state index contributed by atoms with van der Waals surface area (Å²) in [5.41, 5.74) is 6.67. The maximum atomic E-state index is 12.3. The summed E-state index contributed by atoms with van der Waals surface area (Å²) in [6.45, 7) is 4.82. The molecular weight excluding hydrogens is 240 g/mol. The molecule has 1 aliphatic rings. The number of nitrogen functional groups attached to an aromatic ring is 1. The normalized spacial score (nSPS) is 18.8. The Hall–Kier alpha value is -1.55. The van der Waals surface area contributed by atoms with Crippen molar-refractivity contribution in [3.8, 4) is 0 Å². The summed E-state index contributed by atoms with van der Waals surface area (Å²) in [5.74, 6) is -0.152. The van der Waals surface area contributed by atoms with E-state index in [1.54, 1.807) is 4.90 Å². The Morgan fingerprint density at radius 3 is 2.79 bits per heavy atom. The van der Waals surface area contributed by atoms with Crippen molar-refractivity contribution >= 4 is 11.6 Å². The van der Waals surface area contributed by atoms with Crippen LogP contribution < -0.4 is 5.73 Å². The van der Waals surface area contributed by atoms with Gasteiger partial charge in [0.2, 0.25) is 5.91 Å². The van der Waals surface area contributed by atoms with E-state index in [0.29, 0.717) is 18.8 Å². The van der Waals surface area contributed by atoms with Crippen molar-refractivity contribution in [3.05, 3.63) is 29.8 Å². The van der Waals surface area contributed by atoms with Crippen molar-refractivity contribution in [2.45, 2.75) is 38.2 Å². The number of benzene rings is 1. The van der Waals surface area contributed by atoms with E-state index >= 15 is 0 Å². The first-order chi connectivity index (χ1) is 8.95. The van der Waals surface area contributed by atoms with Crippen LogP contribution in [-0.2, 0) is 4.79 Å². The maximum absolute atomic E-state index is 12.3. The van der Waals surface area contributed by atoms with Gasteiger partial charge in [0.05, 0.1) is 24.6 Å². The molecule has 1 atom stereocenters. The summed E-state index contributed by atoms with van der Waals surface area (Å²) in [5, 5.41) is 10.1. The highest BCUT2D eigenvalue weighted by atomic mass is 16.3. The van der Waals surface area contributed by atoms with Gasteiger partial charge >= 0.3 is 0 Å². The smallest absolute Gasteiger partial charge is 0.230 e. The van der Waals surface area contributed by atoms with Crippen LogP contribution in [0.15, 0.2) is 24.3 Å². The summed E-state index contributed by atoms with van der Waals surface area (Å²) in [6, 6.07) is 7.42. The van der Waals surface area contributed by atoms with Gasteiger partial charge < -0.3 is 15.7 Å². The number of amides is 1. The number of β-amino-alcohol motifs (C(OH)–C–C–N with tert-alkyl or cyclic N) is 1. The fraction of sp³-hybridized carbons (Fsp3) is 0.533. The summed E-state index contributed by atoms with van der Waals surface area (Å²) in [6.07, 6.45) is 1.69. The van der Waals surface area contributed by atoms with Crippen molar-refractivity contribution in [1.82, 2.24) is 4.90 Å². The zero-order valence-electron chi connectivity index (χ0n) is 11.6. The minimum atomic E-state index is -0.667. The quantitative estimate of drug-likeness (QED) is 0.812. The molecule has 1 aromatic carbocycles. The van der Waals surface area contributed by atoms with E-state index in [-0.39, 0.29) is 11.8 Å². The second kappa shape index (κ2) is 5.21. The van der Waals surface area contributed by atoms with Gasteiger partial charge in [-0.15, -0.1) is 0 Å². The minimum absolute atomic E-state index is 0.0615. The number of carbonyl (C=O) groups excluding carboxylic acids is 1. The van der Waals surface area contributed by atoms with E-state index in [1.165, 1.54) is 0 Å². The molecule has 0 spiro atoms. The zero-order valence-corrected chi connectivity index (χ0v) is 11.6. The molecule has 1 unspecified atom stereocenters. The molecule has 104 valence electrons. The lowest BCUT2D eigenvalue weighted by Gasteiger charge is -2.47. The van der Waals surface area contributed by atoms with Crippen LogP contribution in [0.3, 0.4) is 0 Å². The van der Waals surface area contributed by atoms with Crippen molar-refractivity contribution in [2.24, 2.45) is 0 Å². The van der Waals surface area contributed by atoms with E-state index in [9.17, 15) is 9.90 Å². The number of hydrogen-bond acceptors (Lipinski definition) is 3. The minimum Gasteiger partial charge on any atom is -0.399 e. The second-order valence-electron chi connectivity index (χ2n) is 5.56. The molecule has 4 heteroatoms. The molecule has 1 saturated heterocycles. The van der Waals surface area contributed by atoms with Gasteiger partial charge in [-0.25, -0.2) is 0 Å². The summed E-state index contributed by atoms with van der Waals surface area (Å²) in [4.78, 5) is 14.0. The van der Waals surface area contributed by atoms with Crippen LogP contribution in [0.25, 0.3) is 0 Å². The molecule has 2 rings (SSSR count). The van der Waals surface area contributed by atoms with Gasteiger partial charge in [0.1, 0.15) is 0 Å². The van der Waals surface area contributed by atoms with Crippen molar-refractivity contribution in [1.29, 1.82) is 0 Å². The Balaban J connectivity index is 1.98. The molecule has 1 aliphatic heterocycles. The molecule has 1 amide bonds. The van der Waals surface area contributed by atoms with E-state index in [2.05, 4.69) is 0 Å². The van der Waals surface area contributed by atoms with Gasteiger partial charge in [0, 0.05) is 5.69 Å². The Morgan fingerprint density at radius 1 is 1.53 bits per heavy atom. The number of likely N-dealkylation sites (tertiary alicyclic amines) is 1. The average Bonchev–Trinajstić information content (AvgIpc) is 2.34. The van der Waals surface area contributed by atoms with E-state index in [0.717, 1.165) is 18.4 Å². The Labute approximate surface area is 114 Å². The third-order valence-electron chi connectivity index (χ3n) is 3.78. The van der Waals surface area contributed by atoms with Crippen LogP contribution in [-0.4, -0.2) is 34.6 Å². The van der Waals surface area contributed by atoms with Crippen molar-refractivity contribution < 1.29 is 9.90 Å². The maximum Gasteiger partial charge on any atom is 0.230 e. The van der Waals surface area contributed by atoms with Gasteiger partial charge in [-0.2, -0.15) is 0 Å². The van der Waals surface area contributed by atoms with Gasteiger partial charge in [0.25, 0.3) is 0 Å². The van der Waals surface area contributed by atoms with E-state index < -0.39 is 5.60 Å². The number of nitrogens with zero attached hydrogens (tertiary/aromatic N) is 1. The third kappa shape index (κ3) is 2.89. The standard InChI is InChI=1S/C15H22N2O2/c1-3-7-15(19)9-17(10-15)14(18)11(2)12-5-4-6-13(16)8-12/h4-6,8,11,19H,3,7,9-10,16H2,1-2H3. The number of nitrogens with two attached hydrogens (primary N) is 1. The molecular formula is C15H22N2O2. The molecule has 0 bridgehead atoms. The first kappa shape index (κ1) is 13.9. The summed E-state index contributed by atoms with van der Waals surface area (Å²) >= 11 is 0. The average molecular weight is 262 g/mol. The first-order valence-electron chi connectivity index (χ1n) is 6.82. The molecule has 1 fully saturated rings. The second-order valence-corrected chi connectivity index (χ2v) is 5.56. The summed E-state index contributed by atoms with van der Waals surface area (Å²) in [7, 11) is 0. The van der Waals surface area contributed by atoms with Crippen molar-refractivity contribution in [2.75, 3.05) is 18.8 Å². The van der Waals surface area contributed by atoms with E-state index in [1.807, 2.05) is 38.1 Å². The Morgan fingerprint density at radius 2 is 2.21 bits per heavy atom. The van der Waals surface area contributed by atoms with Gasteiger partial charge in [-0.05, 0) is 31.0 Å². The predicted molar refractivity (Wildman–Crippen MR) is 75.7 cm³/mol. The van der Waals surface area contributed by atoms with Crippen LogP contribution >= 0.6 is 0 Å². The van der Waals surface area contributed by atoms with E-state index in [4.69, 9.17) is 5.73 Å². The van der Waals surface area contributed by atoms with Crippen molar-refractivity contribution in [3.63, 3.8) is 0 Å². The lowest BCUT2D eigenvalue weighted by Crippen LogP contribution is -2.64. The van der Waals surface area contributed by atoms with Gasteiger partial charge in [0.15, 0.2) is 0 Å². The Bertz CT molecular complexity index is 467. The fourth-order valence-electron chi connectivity index (χ4n) is 2.69. The largest absolute Gasteiger partial charge is 0.399 e. The highest BCUT2D eigenvalue weighted by Crippen LogP contribution is 2.29. The van der Waals surface area contributed by atoms with Gasteiger partial charge in [-0.3, -0.25) is 4.79 Å². The van der Waals surface area contributed by atoms with Crippen LogP contribution in [0.2, 0.25) is 0 Å². The molecule has 0 saturated carbocycles. The summed E-state index contributed by atoms with van der Waals surface area (Å²) < 4.78 is 0. The molecule has 0 aliphatic carbocycles. The molecule has 0 radical (unpaired) electrons. The molecule has 3 N–H and O–H groups in total.